The van der Waals surface area contributed by atoms with E-state index in [0.29, 0.717) is 6.42 Å². The standard InChI is InChI=1S/C26H52N2O.ClH/c1-6-9-10-11-12-13-14-15-16-17-18-19-20-21-22-23-26(29)27-25(8-3)28(4,5)24-7-2;/h15-16,25H,6-14,17-24H2,1-5H3;1H/b16-15-;. The van der Waals surface area contributed by atoms with Crippen LogP contribution in [0, 0.1) is 0 Å². The van der Waals surface area contributed by atoms with Gasteiger partial charge in [-0.2, -0.15) is 0 Å². The molecule has 0 spiro atoms. The molecule has 0 aromatic heterocycles. The van der Waals surface area contributed by atoms with Gasteiger partial charge in [0.15, 0.2) is 6.17 Å². The van der Waals surface area contributed by atoms with E-state index in [1.165, 1.54) is 77.0 Å². The summed E-state index contributed by atoms with van der Waals surface area (Å²) >= 11 is 0. The fourth-order valence-electron chi connectivity index (χ4n) is 4.12. The van der Waals surface area contributed by atoms with Gasteiger partial charge in [-0.1, -0.05) is 84.3 Å². The van der Waals surface area contributed by atoms with Crippen molar-refractivity contribution in [3.8, 4) is 0 Å². The van der Waals surface area contributed by atoms with Gasteiger partial charge in [0, 0.05) is 12.8 Å². The summed E-state index contributed by atoms with van der Waals surface area (Å²) in [4.78, 5) is 12.3. The molecule has 30 heavy (non-hydrogen) atoms. The lowest BCUT2D eigenvalue weighted by Gasteiger charge is -2.37. The first kappa shape index (κ1) is 31.6. The lowest BCUT2D eigenvalue weighted by Crippen LogP contribution is -3.00. The first-order valence-corrected chi connectivity index (χ1v) is 12.7. The van der Waals surface area contributed by atoms with E-state index in [9.17, 15) is 4.79 Å². The van der Waals surface area contributed by atoms with E-state index >= 15 is 0 Å². The van der Waals surface area contributed by atoms with Crippen LogP contribution in [0.3, 0.4) is 0 Å². The number of rotatable bonds is 20. The van der Waals surface area contributed by atoms with Crippen LogP contribution in [0.5, 0.6) is 0 Å². The number of unbranched alkanes of at least 4 members (excludes halogenated alkanes) is 11. The third kappa shape index (κ3) is 18.2. The van der Waals surface area contributed by atoms with Crippen molar-refractivity contribution in [2.45, 2.75) is 130 Å². The Morgan fingerprint density at radius 3 is 1.77 bits per heavy atom. The van der Waals surface area contributed by atoms with Gasteiger partial charge >= 0.3 is 0 Å². The fourth-order valence-corrected chi connectivity index (χ4v) is 4.12. The monoisotopic (exact) mass is 444 g/mol. The van der Waals surface area contributed by atoms with E-state index in [1.54, 1.807) is 0 Å². The summed E-state index contributed by atoms with van der Waals surface area (Å²) in [5, 5.41) is 3.27. The average Bonchev–Trinajstić information content (AvgIpc) is 2.68. The maximum Gasteiger partial charge on any atom is 0.224 e. The van der Waals surface area contributed by atoms with Crippen LogP contribution in [0.25, 0.3) is 0 Å². The van der Waals surface area contributed by atoms with Gasteiger partial charge < -0.3 is 22.2 Å². The molecule has 0 aliphatic carbocycles. The van der Waals surface area contributed by atoms with Crippen molar-refractivity contribution in [1.29, 1.82) is 0 Å². The molecule has 1 N–H and O–H groups in total. The van der Waals surface area contributed by atoms with Crippen LogP contribution in [-0.2, 0) is 4.79 Å². The van der Waals surface area contributed by atoms with Crippen LogP contribution in [0.4, 0.5) is 0 Å². The zero-order valence-corrected chi connectivity index (χ0v) is 21.7. The summed E-state index contributed by atoms with van der Waals surface area (Å²) in [5.74, 6) is 0.233. The van der Waals surface area contributed by atoms with E-state index in [2.05, 4.69) is 52.3 Å². The van der Waals surface area contributed by atoms with Crippen molar-refractivity contribution >= 4 is 5.91 Å². The summed E-state index contributed by atoms with van der Waals surface area (Å²) in [6.07, 6.45) is 24.7. The van der Waals surface area contributed by atoms with Crippen molar-refractivity contribution in [1.82, 2.24) is 5.32 Å². The zero-order chi connectivity index (χ0) is 21.8. The highest BCUT2D eigenvalue weighted by atomic mass is 35.5. The van der Waals surface area contributed by atoms with Crippen LogP contribution in [0.2, 0.25) is 0 Å². The third-order valence-electron chi connectivity index (χ3n) is 6.02. The van der Waals surface area contributed by atoms with E-state index in [-0.39, 0.29) is 24.5 Å². The Labute approximate surface area is 195 Å². The van der Waals surface area contributed by atoms with Crippen LogP contribution in [0.15, 0.2) is 12.2 Å². The fraction of sp³-hybridized carbons (Fsp3) is 0.885. The quantitative estimate of drug-likeness (QED) is 0.128. The summed E-state index contributed by atoms with van der Waals surface area (Å²) in [6, 6.07) is 0. The predicted molar refractivity (Wildman–Crippen MR) is 129 cm³/mol. The molecule has 1 atom stereocenters. The number of halogens is 1. The second kappa shape index (κ2) is 21.7. The van der Waals surface area contributed by atoms with Crippen molar-refractivity contribution < 1.29 is 21.7 Å². The molecule has 0 saturated carbocycles. The van der Waals surface area contributed by atoms with Crippen LogP contribution in [0.1, 0.15) is 124 Å². The molecule has 0 heterocycles. The Morgan fingerprint density at radius 1 is 0.767 bits per heavy atom. The van der Waals surface area contributed by atoms with Crippen LogP contribution in [-0.4, -0.2) is 37.2 Å². The highest BCUT2D eigenvalue weighted by Gasteiger charge is 2.26. The third-order valence-corrected chi connectivity index (χ3v) is 6.02. The zero-order valence-electron chi connectivity index (χ0n) is 21.0. The Balaban J connectivity index is 0. The highest BCUT2D eigenvalue weighted by molar-refractivity contribution is 5.75. The average molecular weight is 445 g/mol. The number of hydrogen-bond donors (Lipinski definition) is 1. The normalized spacial score (nSPS) is 12.7. The molecule has 0 fully saturated rings. The minimum Gasteiger partial charge on any atom is -1.00 e. The number of quaternary nitrogens is 1. The number of carbonyl (C=O) groups excluding carboxylic acids is 1. The van der Waals surface area contributed by atoms with Gasteiger partial charge in [0.25, 0.3) is 0 Å². The summed E-state index contributed by atoms with van der Waals surface area (Å²) in [6.45, 7) is 7.76. The van der Waals surface area contributed by atoms with Gasteiger partial charge in [-0.3, -0.25) is 4.79 Å². The van der Waals surface area contributed by atoms with Gasteiger partial charge in [-0.25, -0.2) is 0 Å². The lowest BCUT2D eigenvalue weighted by molar-refractivity contribution is -0.917. The van der Waals surface area contributed by atoms with Gasteiger partial charge in [-0.05, 0) is 38.5 Å². The molecule has 0 aliphatic rings. The van der Waals surface area contributed by atoms with E-state index in [0.717, 1.165) is 30.3 Å². The maximum absolute atomic E-state index is 12.3. The predicted octanol–water partition coefficient (Wildman–Crippen LogP) is 4.37. The van der Waals surface area contributed by atoms with E-state index in [4.69, 9.17) is 0 Å². The molecule has 3 nitrogen and oxygen atoms in total. The topological polar surface area (TPSA) is 29.1 Å². The molecule has 0 aliphatic heterocycles. The summed E-state index contributed by atoms with van der Waals surface area (Å²) in [5.41, 5.74) is 0. The minimum atomic E-state index is 0. The van der Waals surface area contributed by atoms with E-state index < -0.39 is 0 Å². The number of allylic oxidation sites excluding steroid dienone is 2. The molecule has 0 aromatic rings. The highest BCUT2D eigenvalue weighted by Crippen LogP contribution is 2.12. The SMILES string of the molecule is CCCCCCCC/C=C\CCCCCCCC(=O)NC(CC)[N+](C)(C)CCC.[Cl-]. The molecule has 0 rings (SSSR count). The summed E-state index contributed by atoms with van der Waals surface area (Å²) in [7, 11) is 4.44. The Hall–Kier alpha value is -0.540. The number of amides is 1. The van der Waals surface area contributed by atoms with Crippen LogP contribution >= 0.6 is 0 Å². The number of hydrogen-bond acceptors (Lipinski definition) is 1. The smallest absolute Gasteiger partial charge is 0.224 e. The van der Waals surface area contributed by atoms with Crippen molar-refractivity contribution in [2.24, 2.45) is 0 Å². The van der Waals surface area contributed by atoms with Gasteiger partial charge in [0.1, 0.15) is 0 Å². The van der Waals surface area contributed by atoms with Crippen molar-refractivity contribution in [3.05, 3.63) is 12.2 Å². The van der Waals surface area contributed by atoms with Crippen molar-refractivity contribution in [2.75, 3.05) is 20.6 Å². The molecular formula is C26H53ClN2O. The Bertz CT molecular complexity index is 410. The molecule has 1 amide bonds. The van der Waals surface area contributed by atoms with Crippen molar-refractivity contribution in [3.63, 3.8) is 0 Å². The largest absolute Gasteiger partial charge is 1.00 e. The first-order valence-electron chi connectivity index (χ1n) is 12.7. The van der Waals surface area contributed by atoms with E-state index in [1.807, 2.05) is 0 Å². The molecule has 0 radical (unpaired) electrons. The Morgan fingerprint density at radius 2 is 1.27 bits per heavy atom. The molecule has 180 valence electrons. The second-order valence-corrected chi connectivity index (χ2v) is 9.33. The molecular weight excluding hydrogens is 392 g/mol. The van der Waals surface area contributed by atoms with Crippen LogP contribution < -0.4 is 17.7 Å². The van der Waals surface area contributed by atoms with Gasteiger partial charge in [-0.15, -0.1) is 0 Å². The Kier molecular flexibility index (Phi) is 22.9. The lowest BCUT2D eigenvalue weighted by atomic mass is 10.1. The number of nitrogens with zero attached hydrogens (tertiary/aromatic N) is 1. The minimum absolute atomic E-state index is 0. The molecule has 0 saturated heterocycles. The molecule has 0 aromatic carbocycles. The van der Waals surface area contributed by atoms with Gasteiger partial charge in [0.2, 0.25) is 5.91 Å². The summed E-state index contributed by atoms with van der Waals surface area (Å²) < 4.78 is 0.880. The number of nitrogens with one attached hydrogen (secondary N) is 1. The second-order valence-electron chi connectivity index (χ2n) is 9.33. The number of carbonyl (C=O) groups is 1. The maximum atomic E-state index is 12.3. The molecule has 0 bridgehead atoms. The molecule has 4 heteroatoms. The first-order chi connectivity index (χ1) is 14.0. The van der Waals surface area contributed by atoms with Gasteiger partial charge in [0.05, 0.1) is 20.6 Å². The molecule has 1 unspecified atom stereocenters.